The van der Waals surface area contributed by atoms with Gasteiger partial charge in [0, 0.05) is 34.8 Å². The second-order valence-corrected chi connectivity index (χ2v) is 6.27. The smallest absolute Gasteiger partial charge is 0.338 e. The van der Waals surface area contributed by atoms with Crippen LogP contribution in [-0.2, 0) is 4.74 Å². The standard InChI is InChI=1S/C19H18N4O2/c1-11(2)23-17-8-13(7-15(19(24)25-3)16(17)10-22-23)14-6-12-4-5-20-18(12)21-9-14/h4-11H,1-3H3,(H,20,21). The molecule has 3 heterocycles. The van der Waals surface area contributed by atoms with E-state index in [4.69, 9.17) is 4.74 Å². The molecule has 3 aromatic heterocycles. The summed E-state index contributed by atoms with van der Waals surface area (Å²) in [6, 6.07) is 8.10. The molecule has 0 aliphatic rings. The number of methoxy groups -OCH3 is 1. The van der Waals surface area contributed by atoms with Crippen molar-refractivity contribution in [3.8, 4) is 11.1 Å². The number of ether oxygens (including phenoxy) is 1. The third-order valence-electron chi connectivity index (χ3n) is 4.34. The van der Waals surface area contributed by atoms with Gasteiger partial charge in [0.2, 0.25) is 0 Å². The number of nitrogens with zero attached hydrogens (tertiary/aromatic N) is 3. The van der Waals surface area contributed by atoms with Crippen molar-refractivity contribution in [2.45, 2.75) is 19.9 Å². The molecule has 0 amide bonds. The number of nitrogens with one attached hydrogen (secondary N) is 1. The zero-order chi connectivity index (χ0) is 17.6. The highest BCUT2D eigenvalue weighted by Crippen LogP contribution is 2.30. The Morgan fingerprint density at radius 2 is 2.04 bits per heavy atom. The number of esters is 1. The van der Waals surface area contributed by atoms with Gasteiger partial charge >= 0.3 is 5.97 Å². The summed E-state index contributed by atoms with van der Waals surface area (Å²) in [6.07, 6.45) is 5.38. The van der Waals surface area contributed by atoms with Crippen LogP contribution in [0.5, 0.6) is 0 Å². The molecule has 0 spiro atoms. The Labute approximate surface area is 144 Å². The van der Waals surface area contributed by atoms with Crippen molar-refractivity contribution in [3.63, 3.8) is 0 Å². The maximum Gasteiger partial charge on any atom is 0.338 e. The average molecular weight is 334 g/mol. The maximum atomic E-state index is 12.3. The lowest BCUT2D eigenvalue weighted by atomic mass is 10.0. The number of carbonyl (C=O) groups excluding carboxylic acids is 1. The fourth-order valence-electron chi connectivity index (χ4n) is 3.10. The zero-order valence-electron chi connectivity index (χ0n) is 14.3. The molecule has 0 saturated carbocycles. The van der Waals surface area contributed by atoms with Gasteiger partial charge < -0.3 is 9.72 Å². The van der Waals surface area contributed by atoms with Crippen molar-refractivity contribution in [1.29, 1.82) is 0 Å². The van der Waals surface area contributed by atoms with E-state index in [9.17, 15) is 4.79 Å². The molecular weight excluding hydrogens is 316 g/mol. The zero-order valence-corrected chi connectivity index (χ0v) is 14.3. The summed E-state index contributed by atoms with van der Waals surface area (Å²) < 4.78 is 6.88. The van der Waals surface area contributed by atoms with E-state index in [1.54, 1.807) is 12.4 Å². The molecule has 0 atom stereocenters. The number of hydrogen-bond acceptors (Lipinski definition) is 4. The molecule has 25 heavy (non-hydrogen) atoms. The minimum Gasteiger partial charge on any atom is -0.465 e. The van der Waals surface area contributed by atoms with E-state index in [2.05, 4.69) is 35.0 Å². The SMILES string of the molecule is COC(=O)c1cc(-c2cnc3[nH]ccc3c2)cc2c1cnn2C(C)C. The van der Waals surface area contributed by atoms with E-state index >= 15 is 0 Å². The van der Waals surface area contributed by atoms with E-state index in [0.717, 1.165) is 33.1 Å². The number of pyridine rings is 1. The number of H-pyrrole nitrogens is 1. The first-order valence-corrected chi connectivity index (χ1v) is 8.11. The summed E-state index contributed by atoms with van der Waals surface area (Å²) >= 11 is 0. The van der Waals surface area contributed by atoms with Gasteiger partial charge in [-0.15, -0.1) is 0 Å². The molecule has 0 aliphatic carbocycles. The van der Waals surface area contributed by atoms with Gasteiger partial charge in [-0.05, 0) is 43.7 Å². The molecule has 4 aromatic rings. The third kappa shape index (κ3) is 2.46. The van der Waals surface area contributed by atoms with E-state index in [1.807, 2.05) is 29.1 Å². The molecule has 0 bridgehead atoms. The van der Waals surface area contributed by atoms with Gasteiger partial charge in [0.1, 0.15) is 5.65 Å². The molecule has 0 saturated heterocycles. The summed E-state index contributed by atoms with van der Waals surface area (Å²) in [5, 5.41) is 6.25. The fourth-order valence-corrected chi connectivity index (χ4v) is 3.10. The van der Waals surface area contributed by atoms with Crippen molar-refractivity contribution < 1.29 is 9.53 Å². The largest absolute Gasteiger partial charge is 0.465 e. The quantitative estimate of drug-likeness (QED) is 0.576. The highest BCUT2D eigenvalue weighted by atomic mass is 16.5. The van der Waals surface area contributed by atoms with E-state index in [0.29, 0.717) is 5.56 Å². The first-order chi connectivity index (χ1) is 12.1. The second-order valence-electron chi connectivity index (χ2n) is 6.27. The Morgan fingerprint density at radius 3 is 2.80 bits per heavy atom. The van der Waals surface area contributed by atoms with Gasteiger partial charge in [-0.1, -0.05) is 0 Å². The maximum absolute atomic E-state index is 12.3. The van der Waals surface area contributed by atoms with Crippen LogP contribution < -0.4 is 0 Å². The average Bonchev–Trinajstić information content (AvgIpc) is 3.25. The Kier molecular flexibility index (Phi) is 3.53. The van der Waals surface area contributed by atoms with Crippen LogP contribution in [0.4, 0.5) is 0 Å². The van der Waals surface area contributed by atoms with Gasteiger partial charge in [-0.25, -0.2) is 9.78 Å². The topological polar surface area (TPSA) is 72.8 Å². The molecule has 126 valence electrons. The lowest BCUT2D eigenvalue weighted by Crippen LogP contribution is -2.05. The van der Waals surface area contributed by atoms with Gasteiger partial charge in [0.15, 0.2) is 0 Å². The highest BCUT2D eigenvalue weighted by Gasteiger charge is 2.17. The molecule has 6 nitrogen and oxygen atoms in total. The van der Waals surface area contributed by atoms with E-state index in [-0.39, 0.29) is 12.0 Å². The van der Waals surface area contributed by atoms with Gasteiger partial charge in [-0.2, -0.15) is 5.10 Å². The Hall–Kier alpha value is -3.15. The first kappa shape index (κ1) is 15.4. The Bertz CT molecular complexity index is 1090. The predicted molar refractivity (Wildman–Crippen MR) is 96.5 cm³/mol. The molecule has 6 heteroatoms. The molecule has 4 rings (SSSR count). The van der Waals surface area contributed by atoms with Crippen LogP contribution in [0.25, 0.3) is 33.1 Å². The Morgan fingerprint density at radius 1 is 1.20 bits per heavy atom. The molecule has 0 fully saturated rings. The number of benzene rings is 1. The summed E-state index contributed by atoms with van der Waals surface area (Å²) in [4.78, 5) is 19.8. The molecule has 0 radical (unpaired) electrons. The van der Waals surface area contributed by atoms with Crippen molar-refractivity contribution in [2.75, 3.05) is 7.11 Å². The van der Waals surface area contributed by atoms with Crippen molar-refractivity contribution in [1.82, 2.24) is 19.7 Å². The molecule has 0 aliphatic heterocycles. The lowest BCUT2D eigenvalue weighted by molar-refractivity contribution is 0.0603. The number of aromatic nitrogens is 4. The van der Waals surface area contributed by atoms with Gasteiger partial charge in [0.25, 0.3) is 0 Å². The predicted octanol–water partition coefficient (Wildman–Crippen LogP) is 3.95. The van der Waals surface area contributed by atoms with Crippen LogP contribution in [-0.4, -0.2) is 32.8 Å². The number of rotatable bonds is 3. The van der Waals surface area contributed by atoms with Crippen LogP contribution in [0.1, 0.15) is 30.2 Å². The molecular formula is C19H18N4O2. The minimum atomic E-state index is -0.370. The fraction of sp³-hybridized carbons (Fsp3) is 0.211. The summed E-state index contributed by atoms with van der Waals surface area (Å²) in [5.41, 5.74) is 4.10. The van der Waals surface area contributed by atoms with Gasteiger partial charge in [0.05, 0.1) is 24.4 Å². The van der Waals surface area contributed by atoms with E-state index in [1.165, 1.54) is 7.11 Å². The van der Waals surface area contributed by atoms with Crippen LogP contribution in [0.3, 0.4) is 0 Å². The minimum absolute atomic E-state index is 0.184. The number of carbonyl (C=O) groups is 1. The van der Waals surface area contributed by atoms with Crippen LogP contribution in [0.15, 0.2) is 42.9 Å². The first-order valence-electron chi connectivity index (χ1n) is 8.11. The Balaban J connectivity index is 1.99. The number of fused-ring (bicyclic) bond motifs is 2. The normalized spacial score (nSPS) is 11.5. The molecule has 1 N–H and O–H groups in total. The van der Waals surface area contributed by atoms with Crippen LogP contribution in [0.2, 0.25) is 0 Å². The van der Waals surface area contributed by atoms with Crippen molar-refractivity contribution in [3.05, 3.63) is 48.4 Å². The van der Waals surface area contributed by atoms with Crippen molar-refractivity contribution in [2.24, 2.45) is 0 Å². The molecule has 1 aromatic carbocycles. The summed E-state index contributed by atoms with van der Waals surface area (Å²) in [7, 11) is 1.39. The number of aromatic amines is 1. The third-order valence-corrected chi connectivity index (χ3v) is 4.34. The monoisotopic (exact) mass is 334 g/mol. The summed E-state index contributed by atoms with van der Waals surface area (Å²) in [6.45, 7) is 4.12. The molecule has 0 unspecified atom stereocenters. The van der Waals surface area contributed by atoms with Crippen LogP contribution >= 0.6 is 0 Å². The van der Waals surface area contributed by atoms with E-state index < -0.39 is 0 Å². The number of hydrogen-bond donors (Lipinski definition) is 1. The highest BCUT2D eigenvalue weighted by molar-refractivity contribution is 6.05. The van der Waals surface area contributed by atoms with Crippen molar-refractivity contribution >= 4 is 27.9 Å². The van der Waals surface area contributed by atoms with Crippen LogP contribution in [0, 0.1) is 0 Å². The lowest BCUT2D eigenvalue weighted by Gasteiger charge is -2.11. The summed E-state index contributed by atoms with van der Waals surface area (Å²) in [5.74, 6) is -0.370. The van der Waals surface area contributed by atoms with Gasteiger partial charge in [-0.3, -0.25) is 4.68 Å². The second kappa shape index (κ2) is 5.73.